The lowest BCUT2D eigenvalue weighted by Crippen LogP contribution is -2.39. The molecule has 0 aromatic heterocycles. The molecule has 2 N–H and O–H groups in total. The molecule has 0 aliphatic heterocycles. The first-order valence-electron chi connectivity index (χ1n) is 6.91. The Bertz CT molecular complexity index is 603. The van der Waals surface area contributed by atoms with Crippen molar-refractivity contribution in [1.29, 1.82) is 0 Å². The second-order valence-corrected chi connectivity index (χ2v) is 5.89. The van der Waals surface area contributed by atoms with Crippen molar-refractivity contribution in [2.75, 3.05) is 20.8 Å². The molecule has 8 heteroatoms. The Morgan fingerprint density at radius 3 is 2.43 bits per heavy atom. The number of nitrogens with zero attached hydrogens (tertiary/aromatic N) is 1. The molecule has 1 aromatic rings. The molecule has 1 aromatic carbocycles. The van der Waals surface area contributed by atoms with E-state index in [9.17, 15) is 9.59 Å². The van der Waals surface area contributed by atoms with Gasteiger partial charge < -0.3 is 14.8 Å². The highest BCUT2D eigenvalue weighted by Gasteiger charge is 2.12. The molecular formula is C15H20BrN3O4. The monoisotopic (exact) mass is 385 g/mol. The molecule has 0 heterocycles. The Balaban J connectivity index is 2.72. The van der Waals surface area contributed by atoms with Crippen molar-refractivity contribution in [1.82, 2.24) is 10.7 Å². The fourth-order valence-corrected chi connectivity index (χ4v) is 2.10. The van der Waals surface area contributed by atoms with Gasteiger partial charge in [-0.05, 0) is 27.9 Å². The molecule has 0 spiro atoms. The molecule has 0 bridgehead atoms. The molecular weight excluding hydrogens is 366 g/mol. The van der Waals surface area contributed by atoms with E-state index < -0.39 is 11.8 Å². The maximum atomic E-state index is 11.6. The maximum absolute atomic E-state index is 11.6. The minimum absolute atomic E-state index is 0.260. The molecule has 7 nitrogen and oxygen atoms in total. The molecule has 0 aliphatic carbocycles. The average Bonchev–Trinajstić information content (AvgIpc) is 2.52. The van der Waals surface area contributed by atoms with Crippen LogP contribution in [0.3, 0.4) is 0 Å². The highest BCUT2D eigenvalue weighted by Crippen LogP contribution is 2.31. The summed E-state index contributed by atoms with van der Waals surface area (Å²) in [6.45, 7) is 4.30. The first-order valence-corrected chi connectivity index (χ1v) is 7.71. The van der Waals surface area contributed by atoms with E-state index >= 15 is 0 Å². The van der Waals surface area contributed by atoms with Crippen LogP contribution >= 0.6 is 15.9 Å². The van der Waals surface area contributed by atoms with E-state index in [2.05, 4.69) is 31.8 Å². The van der Waals surface area contributed by atoms with Gasteiger partial charge in [0.25, 0.3) is 0 Å². The van der Waals surface area contributed by atoms with Gasteiger partial charge in [-0.25, -0.2) is 5.43 Å². The van der Waals surface area contributed by atoms with Crippen molar-refractivity contribution in [2.24, 2.45) is 11.0 Å². The molecule has 0 saturated heterocycles. The van der Waals surface area contributed by atoms with E-state index in [1.807, 2.05) is 13.8 Å². The Morgan fingerprint density at radius 1 is 1.22 bits per heavy atom. The Labute approximate surface area is 143 Å². The third kappa shape index (κ3) is 5.90. The van der Waals surface area contributed by atoms with Crippen LogP contribution in [-0.4, -0.2) is 38.8 Å². The van der Waals surface area contributed by atoms with Crippen molar-refractivity contribution in [3.63, 3.8) is 0 Å². The van der Waals surface area contributed by atoms with Crippen LogP contribution in [0, 0.1) is 5.92 Å². The number of carbonyl (C=O) groups excluding carboxylic acids is 2. The minimum atomic E-state index is -0.826. The Morgan fingerprint density at radius 2 is 1.87 bits per heavy atom. The summed E-state index contributed by atoms with van der Waals surface area (Å²) in [5, 5.41) is 6.27. The molecule has 126 valence electrons. The third-order valence-electron chi connectivity index (χ3n) is 2.75. The second-order valence-electron chi connectivity index (χ2n) is 5.03. The lowest BCUT2D eigenvalue weighted by molar-refractivity contribution is -0.139. The van der Waals surface area contributed by atoms with E-state index in [4.69, 9.17) is 9.47 Å². The quantitative estimate of drug-likeness (QED) is 0.443. The zero-order valence-corrected chi connectivity index (χ0v) is 15.1. The molecule has 0 radical (unpaired) electrons. The van der Waals surface area contributed by atoms with Gasteiger partial charge in [-0.2, -0.15) is 5.10 Å². The number of ether oxygens (including phenoxy) is 2. The first kappa shape index (κ1) is 19.0. The van der Waals surface area contributed by atoms with Gasteiger partial charge in [-0.3, -0.25) is 9.59 Å². The summed E-state index contributed by atoms with van der Waals surface area (Å²) >= 11 is 3.36. The number of hydrogen-bond acceptors (Lipinski definition) is 5. The van der Waals surface area contributed by atoms with Crippen molar-refractivity contribution in [3.8, 4) is 11.5 Å². The van der Waals surface area contributed by atoms with Crippen LogP contribution in [-0.2, 0) is 9.59 Å². The normalized spacial score (nSPS) is 10.7. The number of nitrogens with one attached hydrogen (secondary N) is 2. The summed E-state index contributed by atoms with van der Waals surface area (Å²) in [4.78, 5) is 23.1. The van der Waals surface area contributed by atoms with Gasteiger partial charge in [-0.15, -0.1) is 0 Å². The van der Waals surface area contributed by atoms with E-state index in [0.29, 0.717) is 28.1 Å². The highest BCUT2D eigenvalue weighted by atomic mass is 79.9. The van der Waals surface area contributed by atoms with Gasteiger partial charge in [-0.1, -0.05) is 13.8 Å². The zero-order valence-electron chi connectivity index (χ0n) is 13.5. The summed E-state index contributed by atoms with van der Waals surface area (Å²) in [5.41, 5.74) is 2.78. The minimum Gasteiger partial charge on any atom is -0.496 e. The van der Waals surface area contributed by atoms with Crippen LogP contribution in [0.1, 0.15) is 19.4 Å². The van der Waals surface area contributed by atoms with E-state index in [0.717, 1.165) is 0 Å². The van der Waals surface area contributed by atoms with Crippen LogP contribution in [0.15, 0.2) is 21.7 Å². The van der Waals surface area contributed by atoms with Gasteiger partial charge in [0, 0.05) is 18.2 Å². The van der Waals surface area contributed by atoms with Crippen LogP contribution in [0.2, 0.25) is 0 Å². The summed E-state index contributed by atoms with van der Waals surface area (Å²) in [5.74, 6) is -0.160. The average molecular weight is 386 g/mol. The summed E-state index contributed by atoms with van der Waals surface area (Å²) in [6.07, 6.45) is 1.39. The number of amides is 2. The number of hydrazone groups is 1. The fourth-order valence-electron chi connectivity index (χ4n) is 1.57. The van der Waals surface area contributed by atoms with Gasteiger partial charge in [0.1, 0.15) is 11.5 Å². The third-order valence-corrected chi connectivity index (χ3v) is 3.37. The summed E-state index contributed by atoms with van der Waals surface area (Å²) in [7, 11) is 3.06. The molecule has 23 heavy (non-hydrogen) atoms. The smallest absolute Gasteiger partial charge is 0.329 e. The van der Waals surface area contributed by atoms with Crippen molar-refractivity contribution < 1.29 is 19.1 Å². The van der Waals surface area contributed by atoms with E-state index in [-0.39, 0.29) is 5.92 Å². The van der Waals surface area contributed by atoms with Gasteiger partial charge in [0.2, 0.25) is 0 Å². The maximum Gasteiger partial charge on any atom is 0.329 e. The standard InChI is InChI=1S/C15H20BrN3O4/c1-9(2)7-17-14(20)15(21)19-18-8-10-5-11(16)13(23-4)6-12(10)22-3/h5-6,8-9H,7H2,1-4H3,(H,17,20)(H,19,21)/b18-8-. The number of benzene rings is 1. The molecule has 0 atom stereocenters. The van der Waals surface area contributed by atoms with Gasteiger partial charge in [0.15, 0.2) is 0 Å². The fraction of sp³-hybridized carbons (Fsp3) is 0.400. The number of carbonyl (C=O) groups is 2. The molecule has 0 fully saturated rings. The van der Waals surface area contributed by atoms with Gasteiger partial charge in [0.05, 0.1) is 24.9 Å². The summed E-state index contributed by atoms with van der Waals surface area (Å²) in [6, 6.07) is 3.41. The van der Waals surface area contributed by atoms with Crippen molar-refractivity contribution >= 4 is 34.0 Å². The number of hydrogen-bond donors (Lipinski definition) is 2. The van der Waals surface area contributed by atoms with Gasteiger partial charge >= 0.3 is 11.8 Å². The molecule has 2 amide bonds. The first-order chi connectivity index (χ1) is 10.9. The van der Waals surface area contributed by atoms with Crippen LogP contribution in [0.4, 0.5) is 0 Å². The molecule has 0 unspecified atom stereocenters. The Hall–Kier alpha value is -2.09. The number of halogens is 1. The predicted octanol–water partition coefficient (Wildman–Crippen LogP) is 1.69. The molecule has 0 aliphatic rings. The van der Waals surface area contributed by atoms with Crippen molar-refractivity contribution in [3.05, 3.63) is 22.2 Å². The lowest BCUT2D eigenvalue weighted by Gasteiger charge is -2.09. The largest absolute Gasteiger partial charge is 0.496 e. The van der Waals surface area contributed by atoms with Crippen LogP contribution in [0.5, 0.6) is 11.5 Å². The van der Waals surface area contributed by atoms with E-state index in [1.54, 1.807) is 19.2 Å². The molecule has 1 rings (SSSR count). The second kappa shape index (κ2) is 9.14. The van der Waals surface area contributed by atoms with E-state index in [1.165, 1.54) is 13.3 Å². The molecule has 0 saturated carbocycles. The topological polar surface area (TPSA) is 89.0 Å². The highest BCUT2D eigenvalue weighted by molar-refractivity contribution is 9.10. The zero-order chi connectivity index (χ0) is 17.4. The summed E-state index contributed by atoms with van der Waals surface area (Å²) < 4.78 is 11.1. The Kier molecular flexibility index (Phi) is 7.53. The van der Waals surface area contributed by atoms with Crippen LogP contribution < -0.4 is 20.2 Å². The number of rotatable bonds is 6. The van der Waals surface area contributed by atoms with Crippen LogP contribution in [0.25, 0.3) is 0 Å². The van der Waals surface area contributed by atoms with Crippen molar-refractivity contribution in [2.45, 2.75) is 13.8 Å². The predicted molar refractivity (Wildman–Crippen MR) is 90.8 cm³/mol. The SMILES string of the molecule is COc1cc(OC)c(/C=N\NC(=O)C(=O)NCC(C)C)cc1Br. The number of methoxy groups -OCH3 is 2. The lowest BCUT2D eigenvalue weighted by atomic mass is 10.2.